The van der Waals surface area contributed by atoms with Crippen LogP contribution >= 0.6 is 0 Å². The molecule has 0 amide bonds. The van der Waals surface area contributed by atoms with E-state index in [0.29, 0.717) is 0 Å². The molecule has 0 radical (unpaired) electrons. The van der Waals surface area contributed by atoms with Crippen molar-refractivity contribution in [3.8, 4) is 0 Å². The maximum absolute atomic E-state index is 11.1. The fourth-order valence-electron chi connectivity index (χ4n) is 1.70. The average molecular weight is 347 g/mol. The van der Waals surface area contributed by atoms with E-state index in [2.05, 4.69) is 0 Å². The first-order valence-electron chi connectivity index (χ1n) is 4.85. The van der Waals surface area contributed by atoms with E-state index in [4.69, 9.17) is 5.73 Å². The van der Waals surface area contributed by atoms with E-state index in [1.165, 1.54) is 0 Å². The maximum Gasteiger partial charge on any atom is 1.00 e. The number of rotatable bonds is 2. The van der Waals surface area contributed by atoms with Crippen molar-refractivity contribution in [3.05, 3.63) is 30.3 Å². The fraction of sp³-hybridized carbons (Fsp3) is 0. The number of nitrogens with two attached hydrogens (primary N) is 1. The molecule has 2 aromatic carbocycles. The second kappa shape index (κ2) is 7.26. The van der Waals surface area contributed by atoms with Crippen LogP contribution in [-0.2, 0) is 20.2 Å². The van der Waals surface area contributed by atoms with Crippen molar-refractivity contribution in [1.82, 2.24) is 0 Å². The Bertz CT molecular complexity index is 880. The Kier molecular flexibility index (Phi) is 7.37. The van der Waals surface area contributed by atoms with Crippen molar-refractivity contribution in [2.75, 3.05) is 5.73 Å². The number of hydrogen-bond acceptors (Lipinski definition) is 7. The Morgan fingerprint density at radius 3 is 1.86 bits per heavy atom. The number of anilines is 1. The quantitative estimate of drug-likeness (QED) is 0.324. The van der Waals surface area contributed by atoms with Crippen LogP contribution in [0.5, 0.6) is 0 Å². The average Bonchev–Trinajstić information content (AvgIpc) is 2.26. The number of hydrogen-bond donors (Lipinski definition) is 1. The van der Waals surface area contributed by atoms with Crippen molar-refractivity contribution in [2.45, 2.75) is 9.79 Å². The van der Waals surface area contributed by atoms with Gasteiger partial charge in [-0.2, -0.15) is 0 Å². The van der Waals surface area contributed by atoms with Crippen molar-refractivity contribution in [3.63, 3.8) is 0 Å². The summed E-state index contributed by atoms with van der Waals surface area (Å²) >= 11 is 0. The smallest absolute Gasteiger partial charge is 0.744 e. The fourth-order valence-corrected chi connectivity index (χ4v) is 2.87. The van der Waals surface area contributed by atoms with E-state index in [0.717, 1.165) is 30.3 Å². The van der Waals surface area contributed by atoms with Crippen molar-refractivity contribution < 1.29 is 85.1 Å². The van der Waals surface area contributed by atoms with Gasteiger partial charge in [0.05, 0.1) is 9.79 Å². The summed E-state index contributed by atoms with van der Waals surface area (Å²) < 4.78 is 65.9. The third-order valence-corrected chi connectivity index (χ3v) is 4.27. The molecule has 2 N–H and O–H groups in total. The SMILES string of the molecule is Nc1ccc(S(=O)(=O)[O-])c2ccc(S(=O)(=O)[O-])cc12.[Na+].[Na+]. The first kappa shape index (κ1) is 21.3. The van der Waals surface area contributed by atoms with Crippen LogP contribution in [0.2, 0.25) is 0 Å². The molecule has 0 fully saturated rings. The molecule has 2 rings (SSSR count). The topological polar surface area (TPSA) is 140 Å². The molecule has 102 valence electrons. The molecule has 7 nitrogen and oxygen atoms in total. The van der Waals surface area contributed by atoms with Gasteiger partial charge in [0.1, 0.15) is 20.2 Å². The molecule has 0 aliphatic heterocycles. The number of fused-ring (bicyclic) bond motifs is 1. The molecule has 2 aromatic rings. The van der Waals surface area contributed by atoms with Gasteiger partial charge in [-0.25, -0.2) is 16.8 Å². The van der Waals surface area contributed by atoms with Crippen LogP contribution in [0.1, 0.15) is 0 Å². The van der Waals surface area contributed by atoms with Crippen LogP contribution in [0.25, 0.3) is 10.8 Å². The first-order chi connectivity index (χ1) is 8.60. The summed E-state index contributed by atoms with van der Waals surface area (Å²) in [6.45, 7) is 0. The minimum Gasteiger partial charge on any atom is -0.744 e. The molecule has 0 heterocycles. The predicted octanol–water partition coefficient (Wildman–Crippen LogP) is -5.76. The molecule has 11 heteroatoms. The van der Waals surface area contributed by atoms with Gasteiger partial charge in [-0.05, 0) is 24.3 Å². The van der Waals surface area contributed by atoms with E-state index in [1.807, 2.05) is 0 Å². The second-order valence-electron chi connectivity index (χ2n) is 3.77. The molecule has 0 bridgehead atoms. The third kappa shape index (κ3) is 4.64. The summed E-state index contributed by atoms with van der Waals surface area (Å²) in [7, 11) is -9.42. The van der Waals surface area contributed by atoms with Crippen LogP contribution in [-0.4, -0.2) is 25.9 Å². The Morgan fingerprint density at radius 2 is 1.38 bits per heavy atom. The molecule has 0 aliphatic carbocycles. The van der Waals surface area contributed by atoms with Crippen LogP contribution in [0.4, 0.5) is 5.69 Å². The van der Waals surface area contributed by atoms with E-state index in [-0.39, 0.29) is 75.6 Å². The summed E-state index contributed by atoms with van der Waals surface area (Å²) in [6.07, 6.45) is 0. The second-order valence-corrected chi connectivity index (χ2v) is 6.50. The van der Waals surface area contributed by atoms with Gasteiger partial charge >= 0.3 is 59.1 Å². The zero-order chi connectivity index (χ0) is 14.4. The van der Waals surface area contributed by atoms with Crippen molar-refractivity contribution >= 4 is 36.7 Å². The Labute approximate surface area is 166 Å². The van der Waals surface area contributed by atoms with Crippen LogP contribution in [0.3, 0.4) is 0 Å². The molecule has 0 aromatic heterocycles. The van der Waals surface area contributed by atoms with Crippen LogP contribution in [0, 0.1) is 0 Å². The third-order valence-electron chi connectivity index (χ3n) is 2.54. The predicted molar refractivity (Wildman–Crippen MR) is 64.3 cm³/mol. The Hall–Kier alpha value is 0.320. The molecule has 21 heavy (non-hydrogen) atoms. The molecule has 0 spiro atoms. The van der Waals surface area contributed by atoms with Gasteiger partial charge in [-0.3, -0.25) is 0 Å². The molecule has 0 atom stereocenters. The number of benzene rings is 2. The van der Waals surface area contributed by atoms with Crippen LogP contribution < -0.4 is 64.8 Å². The summed E-state index contributed by atoms with van der Waals surface area (Å²) in [5.41, 5.74) is 5.65. The molecular formula is C10H7NNa2O6S2. The summed E-state index contributed by atoms with van der Waals surface area (Å²) in [5.74, 6) is 0. The van der Waals surface area contributed by atoms with Gasteiger partial charge in [0.15, 0.2) is 0 Å². The summed E-state index contributed by atoms with van der Waals surface area (Å²) in [5, 5.41) is -0.00347. The monoisotopic (exact) mass is 347 g/mol. The maximum atomic E-state index is 11.1. The van der Waals surface area contributed by atoms with E-state index >= 15 is 0 Å². The van der Waals surface area contributed by atoms with Crippen molar-refractivity contribution in [1.29, 1.82) is 0 Å². The van der Waals surface area contributed by atoms with Gasteiger partial charge in [-0.1, -0.05) is 6.07 Å². The molecule has 0 aliphatic rings. The standard InChI is InChI=1S/C10H9NO6S2.2Na/c11-9-3-4-10(19(15,16)17)7-2-1-6(5-8(7)9)18(12,13)14;;/h1-5H,11H2,(H,12,13,14)(H,15,16,17);;/q;2*+1/p-2. The normalized spacial score (nSPS) is 11.5. The minimum atomic E-state index is -4.73. The zero-order valence-corrected chi connectivity index (χ0v) is 16.9. The molecular weight excluding hydrogens is 340 g/mol. The van der Waals surface area contributed by atoms with Gasteiger partial charge < -0.3 is 14.8 Å². The van der Waals surface area contributed by atoms with Gasteiger partial charge in [0.25, 0.3) is 0 Å². The zero-order valence-electron chi connectivity index (χ0n) is 11.2. The Balaban J connectivity index is 0.00000200. The molecule has 0 saturated heterocycles. The van der Waals surface area contributed by atoms with Crippen molar-refractivity contribution in [2.24, 2.45) is 0 Å². The van der Waals surface area contributed by atoms with E-state index < -0.39 is 30.0 Å². The largest absolute Gasteiger partial charge is 1.00 e. The Morgan fingerprint density at radius 1 is 0.810 bits per heavy atom. The minimum absolute atomic E-state index is 0. The first-order valence-corrected chi connectivity index (χ1v) is 7.66. The molecule has 0 saturated carbocycles. The molecule has 0 unspecified atom stereocenters. The van der Waals surface area contributed by atoms with Crippen LogP contribution in [0.15, 0.2) is 40.1 Å². The van der Waals surface area contributed by atoms with Gasteiger partial charge in [-0.15, -0.1) is 0 Å². The number of nitrogen functional groups attached to an aromatic ring is 1. The van der Waals surface area contributed by atoms with E-state index in [9.17, 15) is 25.9 Å². The summed E-state index contributed by atoms with van der Waals surface area (Å²) in [6, 6.07) is 5.14. The summed E-state index contributed by atoms with van der Waals surface area (Å²) in [4.78, 5) is -1.07. The van der Waals surface area contributed by atoms with Gasteiger partial charge in [0.2, 0.25) is 0 Å². The van der Waals surface area contributed by atoms with E-state index in [1.54, 1.807) is 0 Å². The van der Waals surface area contributed by atoms with Gasteiger partial charge in [0, 0.05) is 16.5 Å².